The monoisotopic (exact) mass is 237 g/mol. The highest BCUT2D eigenvalue weighted by Crippen LogP contribution is 2.21. The lowest BCUT2D eigenvalue weighted by Gasteiger charge is -2.42. The van der Waals surface area contributed by atoms with E-state index in [9.17, 15) is 0 Å². The smallest absolute Gasteiger partial charge is 0.0328 e. The number of hydrogen-bond donors (Lipinski definition) is 2. The normalized spacial score (nSPS) is 20.4. The number of likely N-dealkylation sites (tertiary alicyclic amines) is 1. The molecule has 3 nitrogen and oxygen atoms in total. The van der Waals surface area contributed by atoms with Crippen LogP contribution in [0.1, 0.15) is 33.1 Å². The molecule has 0 spiro atoms. The zero-order valence-corrected chi connectivity index (χ0v) is 11.3. The minimum Gasteiger partial charge on any atom is -0.329 e. The molecule has 98 valence electrons. The number of nitrogens with two attached hydrogens (primary N) is 1. The van der Waals surface area contributed by atoms with Gasteiger partial charge in [0.05, 0.1) is 0 Å². The minimum atomic E-state index is 0.129. The van der Waals surface area contributed by atoms with E-state index in [1.165, 1.54) is 6.54 Å². The van der Waals surface area contributed by atoms with E-state index >= 15 is 0 Å². The molecule has 0 aliphatic carbocycles. The third-order valence-corrected chi connectivity index (χ3v) is 3.60. The van der Waals surface area contributed by atoms with E-state index in [1.807, 2.05) is 0 Å². The molecule has 0 atom stereocenters. The molecule has 0 amide bonds. The standard InChI is InChI=1S/C14H27N3/c1-4-5-8-16-14(12-15)6-9-17(10-7-14)11-13(2)3/h1,13,16H,5-12,15H2,2-3H3. The summed E-state index contributed by atoms with van der Waals surface area (Å²) < 4.78 is 0. The molecular formula is C14H27N3. The van der Waals surface area contributed by atoms with E-state index in [4.69, 9.17) is 12.2 Å². The van der Waals surface area contributed by atoms with Gasteiger partial charge in [0.15, 0.2) is 0 Å². The minimum absolute atomic E-state index is 0.129. The van der Waals surface area contributed by atoms with Crippen LogP contribution in [0, 0.1) is 18.3 Å². The van der Waals surface area contributed by atoms with Gasteiger partial charge in [-0.25, -0.2) is 0 Å². The molecule has 17 heavy (non-hydrogen) atoms. The third kappa shape index (κ3) is 4.67. The molecule has 3 N–H and O–H groups in total. The van der Waals surface area contributed by atoms with Gasteiger partial charge in [-0.05, 0) is 31.8 Å². The van der Waals surface area contributed by atoms with Gasteiger partial charge in [0, 0.05) is 31.6 Å². The van der Waals surface area contributed by atoms with Crippen molar-refractivity contribution in [3.63, 3.8) is 0 Å². The first-order chi connectivity index (χ1) is 8.12. The Morgan fingerprint density at radius 3 is 2.53 bits per heavy atom. The summed E-state index contributed by atoms with van der Waals surface area (Å²) in [5.74, 6) is 3.41. The molecule has 0 aromatic heterocycles. The highest BCUT2D eigenvalue weighted by molar-refractivity contribution is 4.95. The predicted octanol–water partition coefficient (Wildman–Crippen LogP) is 1.05. The summed E-state index contributed by atoms with van der Waals surface area (Å²) in [7, 11) is 0. The van der Waals surface area contributed by atoms with Crippen LogP contribution in [0.15, 0.2) is 0 Å². The molecule has 0 saturated carbocycles. The Morgan fingerprint density at radius 1 is 1.41 bits per heavy atom. The maximum absolute atomic E-state index is 5.93. The molecule has 1 heterocycles. The van der Waals surface area contributed by atoms with Crippen molar-refractivity contribution in [3.8, 4) is 12.3 Å². The van der Waals surface area contributed by atoms with Gasteiger partial charge in [-0.15, -0.1) is 12.3 Å². The summed E-state index contributed by atoms with van der Waals surface area (Å²) in [5.41, 5.74) is 6.06. The number of nitrogens with zero attached hydrogens (tertiary/aromatic N) is 1. The van der Waals surface area contributed by atoms with Gasteiger partial charge in [-0.1, -0.05) is 13.8 Å². The Labute approximate surface area is 106 Å². The van der Waals surface area contributed by atoms with Crippen molar-refractivity contribution in [1.82, 2.24) is 10.2 Å². The first-order valence-electron chi connectivity index (χ1n) is 6.73. The van der Waals surface area contributed by atoms with Gasteiger partial charge in [0.1, 0.15) is 0 Å². The Morgan fingerprint density at radius 2 is 2.06 bits per heavy atom. The maximum atomic E-state index is 5.93. The molecule has 1 fully saturated rings. The van der Waals surface area contributed by atoms with Crippen molar-refractivity contribution < 1.29 is 0 Å². The van der Waals surface area contributed by atoms with E-state index in [0.717, 1.165) is 44.8 Å². The molecule has 1 aliphatic rings. The Balaban J connectivity index is 2.37. The second-order valence-electron chi connectivity index (χ2n) is 5.56. The Hall–Kier alpha value is -0.560. The molecule has 0 aromatic carbocycles. The van der Waals surface area contributed by atoms with Crippen molar-refractivity contribution in [2.45, 2.75) is 38.6 Å². The quantitative estimate of drug-likeness (QED) is 0.536. The summed E-state index contributed by atoms with van der Waals surface area (Å²) in [6.07, 6.45) is 8.34. The van der Waals surface area contributed by atoms with Crippen LogP contribution in [-0.2, 0) is 0 Å². The predicted molar refractivity (Wildman–Crippen MR) is 73.8 cm³/mol. The fourth-order valence-electron chi connectivity index (χ4n) is 2.53. The van der Waals surface area contributed by atoms with Crippen LogP contribution in [-0.4, -0.2) is 43.2 Å². The zero-order chi connectivity index (χ0) is 12.7. The molecule has 1 rings (SSSR count). The van der Waals surface area contributed by atoms with Crippen LogP contribution in [0.5, 0.6) is 0 Å². The lowest BCUT2D eigenvalue weighted by Crippen LogP contribution is -2.58. The van der Waals surface area contributed by atoms with Gasteiger partial charge in [-0.2, -0.15) is 0 Å². The third-order valence-electron chi connectivity index (χ3n) is 3.60. The number of nitrogens with one attached hydrogen (secondary N) is 1. The summed E-state index contributed by atoms with van der Waals surface area (Å²) >= 11 is 0. The van der Waals surface area contributed by atoms with Crippen molar-refractivity contribution >= 4 is 0 Å². The van der Waals surface area contributed by atoms with Gasteiger partial charge in [0.25, 0.3) is 0 Å². The molecule has 1 aliphatic heterocycles. The fraction of sp³-hybridized carbons (Fsp3) is 0.857. The first-order valence-corrected chi connectivity index (χ1v) is 6.73. The molecule has 0 bridgehead atoms. The average Bonchev–Trinajstić information content (AvgIpc) is 2.31. The van der Waals surface area contributed by atoms with E-state index in [2.05, 4.69) is 30.0 Å². The first kappa shape index (κ1) is 14.5. The fourth-order valence-corrected chi connectivity index (χ4v) is 2.53. The summed E-state index contributed by atoms with van der Waals surface area (Å²) in [4.78, 5) is 2.54. The summed E-state index contributed by atoms with van der Waals surface area (Å²) in [6, 6.07) is 0. The van der Waals surface area contributed by atoms with Crippen molar-refractivity contribution in [2.24, 2.45) is 11.7 Å². The molecule has 0 unspecified atom stereocenters. The molecular weight excluding hydrogens is 210 g/mol. The highest BCUT2D eigenvalue weighted by atomic mass is 15.2. The highest BCUT2D eigenvalue weighted by Gasteiger charge is 2.32. The second-order valence-corrected chi connectivity index (χ2v) is 5.56. The lowest BCUT2D eigenvalue weighted by molar-refractivity contribution is 0.129. The molecule has 1 saturated heterocycles. The van der Waals surface area contributed by atoms with Gasteiger partial charge >= 0.3 is 0 Å². The van der Waals surface area contributed by atoms with E-state index in [1.54, 1.807) is 0 Å². The van der Waals surface area contributed by atoms with Crippen molar-refractivity contribution in [2.75, 3.05) is 32.7 Å². The summed E-state index contributed by atoms with van der Waals surface area (Å²) in [5, 5.41) is 3.57. The Kier molecular flexibility index (Phi) is 5.97. The lowest BCUT2D eigenvalue weighted by atomic mass is 9.87. The number of piperidine rings is 1. The summed E-state index contributed by atoms with van der Waals surface area (Å²) in [6.45, 7) is 9.65. The SMILES string of the molecule is C#CCCNC1(CN)CCN(CC(C)C)CC1. The molecule has 0 radical (unpaired) electrons. The van der Waals surface area contributed by atoms with Gasteiger partial charge < -0.3 is 16.0 Å². The van der Waals surface area contributed by atoms with Crippen LogP contribution in [0.25, 0.3) is 0 Å². The molecule has 0 aromatic rings. The number of hydrogen-bond acceptors (Lipinski definition) is 3. The topological polar surface area (TPSA) is 41.3 Å². The van der Waals surface area contributed by atoms with Gasteiger partial charge in [0.2, 0.25) is 0 Å². The van der Waals surface area contributed by atoms with E-state index < -0.39 is 0 Å². The van der Waals surface area contributed by atoms with Crippen LogP contribution < -0.4 is 11.1 Å². The number of rotatable bonds is 6. The van der Waals surface area contributed by atoms with Crippen LogP contribution >= 0.6 is 0 Å². The Bertz CT molecular complexity index is 247. The largest absolute Gasteiger partial charge is 0.329 e. The molecule has 3 heteroatoms. The van der Waals surface area contributed by atoms with Crippen LogP contribution in [0.3, 0.4) is 0 Å². The second kappa shape index (κ2) is 7.00. The van der Waals surface area contributed by atoms with Crippen LogP contribution in [0.4, 0.5) is 0 Å². The maximum Gasteiger partial charge on any atom is 0.0328 e. The van der Waals surface area contributed by atoms with Crippen molar-refractivity contribution in [3.05, 3.63) is 0 Å². The van der Waals surface area contributed by atoms with Crippen LogP contribution in [0.2, 0.25) is 0 Å². The average molecular weight is 237 g/mol. The van der Waals surface area contributed by atoms with Crippen molar-refractivity contribution in [1.29, 1.82) is 0 Å². The van der Waals surface area contributed by atoms with E-state index in [-0.39, 0.29) is 5.54 Å². The van der Waals surface area contributed by atoms with Gasteiger partial charge in [-0.3, -0.25) is 0 Å². The zero-order valence-electron chi connectivity index (χ0n) is 11.3. The van der Waals surface area contributed by atoms with E-state index in [0.29, 0.717) is 6.54 Å². The number of terminal acetylenes is 1.